The van der Waals surface area contributed by atoms with Crippen molar-refractivity contribution in [1.29, 1.82) is 5.41 Å². The van der Waals surface area contributed by atoms with Gasteiger partial charge >= 0.3 is 0 Å². The van der Waals surface area contributed by atoms with Gasteiger partial charge in [0.25, 0.3) is 0 Å². The Morgan fingerprint density at radius 3 is 2.37 bits per heavy atom. The van der Waals surface area contributed by atoms with Gasteiger partial charge in [0.15, 0.2) is 0 Å². The molecule has 3 nitrogen and oxygen atoms in total. The summed E-state index contributed by atoms with van der Waals surface area (Å²) in [6.45, 7) is 2.10. The van der Waals surface area contributed by atoms with Crippen LogP contribution in [0.2, 0.25) is 0 Å². The highest BCUT2D eigenvalue weighted by Gasteiger charge is 2.17. The second-order valence-corrected chi connectivity index (χ2v) is 5.19. The Kier molecular flexibility index (Phi) is 4.61. The SMILES string of the molecule is CC=C(Nc1ccc(C(=N)N)cc1)C1CCCCC1. The molecule has 0 aromatic heterocycles. The van der Waals surface area contributed by atoms with E-state index in [1.807, 2.05) is 24.3 Å². The molecule has 0 bridgehead atoms. The predicted molar refractivity (Wildman–Crippen MR) is 81.4 cm³/mol. The van der Waals surface area contributed by atoms with E-state index in [9.17, 15) is 0 Å². The van der Waals surface area contributed by atoms with Crippen LogP contribution in [0, 0.1) is 11.3 Å². The Bertz CT molecular complexity index is 453. The highest BCUT2D eigenvalue weighted by atomic mass is 14.9. The van der Waals surface area contributed by atoms with E-state index in [1.165, 1.54) is 37.8 Å². The lowest BCUT2D eigenvalue weighted by Crippen LogP contribution is -2.15. The van der Waals surface area contributed by atoms with Crippen LogP contribution in [0.5, 0.6) is 0 Å². The summed E-state index contributed by atoms with van der Waals surface area (Å²) in [6.07, 6.45) is 8.83. The maximum atomic E-state index is 7.39. The van der Waals surface area contributed by atoms with E-state index >= 15 is 0 Å². The van der Waals surface area contributed by atoms with Crippen molar-refractivity contribution in [2.24, 2.45) is 11.7 Å². The molecule has 1 aromatic carbocycles. The van der Waals surface area contributed by atoms with Crippen molar-refractivity contribution in [3.63, 3.8) is 0 Å². The molecule has 1 fully saturated rings. The molecule has 3 heteroatoms. The lowest BCUT2D eigenvalue weighted by atomic mass is 9.86. The average Bonchev–Trinajstić information content (AvgIpc) is 2.46. The number of hydrogen-bond donors (Lipinski definition) is 3. The molecule has 2 rings (SSSR count). The molecule has 1 saturated carbocycles. The van der Waals surface area contributed by atoms with Crippen LogP contribution in [-0.4, -0.2) is 5.84 Å². The van der Waals surface area contributed by atoms with Crippen LogP contribution >= 0.6 is 0 Å². The molecule has 1 aliphatic carbocycles. The van der Waals surface area contributed by atoms with Crippen LogP contribution in [0.3, 0.4) is 0 Å². The number of nitrogens with two attached hydrogens (primary N) is 1. The van der Waals surface area contributed by atoms with Gasteiger partial charge in [0.05, 0.1) is 0 Å². The first-order valence-electron chi connectivity index (χ1n) is 7.08. The van der Waals surface area contributed by atoms with Gasteiger partial charge in [-0.15, -0.1) is 0 Å². The number of rotatable bonds is 4. The number of nitrogen functional groups attached to an aromatic ring is 1. The van der Waals surface area contributed by atoms with Gasteiger partial charge in [0.2, 0.25) is 0 Å². The summed E-state index contributed by atoms with van der Waals surface area (Å²) in [6, 6.07) is 7.75. The van der Waals surface area contributed by atoms with Crippen LogP contribution < -0.4 is 11.1 Å². The molecule has 19 heavy (non-hydrogen) atoms. The number of benzene rings is 1. The Hall–Kier alpha value is -1.77. The fourth-order valence-corrected chi connectivity index (χ4v) is 2.72. The molecule has 0 spiro atoms. The van der Waals surface area contributed by atoms with Gasteiger partial charge < -0.3 is 11.1 Å². The monoisotopic (exact) mass is 257 g/mol. The first-order valence-corrected chi connectivity index (χ1v) is 7.08. The van der Waals surface area contributed by atoms with Crippen LogP contribution in [0.15, 0.2) is 36.0 Å². The van der Waals surface area contributed by atoms with Crippen molar-refractivity contribution in [1.82, 2.24) is 0 Å². The molecule has 0 heterocycles. The molecule has 0 atom stereocenters. The molecular weight excluding hydrogens is 234 g/mol. The zero-order valence-electron chi connectivity index (χ0n) is 11.6. The van der Waals surface area contributed by atoms with Crippen molar-refractivity contribution >= 4 is 11.5 Å². The minimum atomic E-state index is 0.116. The molecular formula is C16H23N3. The summed E-state index contributed by atoms with van der Waals surface area (Å²) in [5.41, 5.74) is 8.63. The smallest absolute Gasteiger partial charge is 0.122 e. The number of hydrogen-bond acceptors (Lipinski definition) is 2. The Morgan fingerprint density at radius 1 is 1.21 bits per heavy atom. The Morgan fingerprint density at radius 2 is 1.84 bits per heavy atom. The third-order valence-electron chi connectivity index (χ3n) is 3.84. The summed E-state index contributed by atoms with van der Waals surface area (Å²) < 4.78 is 0. The summed E-state index contributed by atoms with van der Waals surface area (Å²) >= 11 is 0. The molecule has 4 N–H and O–H groups in total. The van der Waals surface area contributed by atoms with E-state index in [1.54, 1.807) is 0 Å². The summed E-state index contributed by atoms with van der Waals surface area (Å²) in [5, 5.41) is 10.9. The van der Waals surface area contributed by atoms with Gasteiger partial charge in [0, 0.05) is 16.9 Å². The maximum Gasteiger partial charge on any atom is 0.122 e. The van der Waals surface area contributed by atoms with E-state index in [0.717, 1.165) is 11.3 Å². The minimum Gasteiger partial charge on any atom is -0.384 e. The van der Waals surface area contributed by atoms with Crippen LogP contribution in [0.4, 0.5) is 5.69 Å². The quantitative estimate of drug-likeness (QED) is 0.566. The van der Waals surface area contributed by atoms with E-state index in [0.29, 0.717) is 5.92 Å². The zero-order chi connectivity index (χ0) is 13.7. The fourth-order valence-electron chi connectivity index (χ4n) is 2.72. The van der Waals surface area contributed by atoms with Crippen molar-refractivity contribution in [3.05, 3.63) is 41.6 Å². The van der Waals surface area contributed by atoms with Gasteiger partial charge in [-0.2, -0.15) is 0 Å². The number of allylic oxidation sites excluding steroid dienone is 2. The molecule has 1 aliphatic rings. The number of nitrogens with one attached hydrogen (secondary N) is 2. The highest BCUT2D eigenvalue weighted by Crippen LogP contribution is 2.30. The lowest BCUT2D eigenvalue weighted by Gasteiger charge is -2.25. The highest BCUT2D eigenvalue weighted by molar-refractivity contribution is 5.95. The molecule has 1 aromatic rings. The normalized spacial score (nSPS) is 17.2. The van der Waals surface area contributed by atoms with Crippen LogP contribution in [0.25, 0.3) is 0 Å². The second kappa shape index (κ2) is 6.41. The van der Waals surface area contributed by atoms with Crippen molar-refractivity contribution in [2.45, 2.75) is 39.0 Å². The molecule has 0 aliphatic heterocycles. The van der Waals surface area contributed by atoms with E-state index in [4.69, 9.17) is 11.1 Å². The Labute approximate surface area is 115 Å². The van der Waals surface area contributed by atoms with Crippen LogP contribution in [0.1, 0.15) is 44.6 Å². The Balaban J connectivity index is 2.03. The third kappa shape index (κ3) is 3.60. The van der Waals surface area contributed by atoms with E-state index in [-0.39, 0.29) is 5.84 Å². The molecule has 0 radical (unpaired) electrons. The predicted octanol–water partition coefficient (Wildman–Crippen LogP) is 3.87. The lowest BCUT2D eigenvalue weighted by molar-refractivity contribution is 0.404. The van der Waals surface area contributed by atoms with Crippen molar-refractivity contribution < 1.29 is 0 Å². The standard InChI is InChI=1S/C16H23N3/c1-2-15(12-6-4-3-5-7-12)19-14-10-8-13(9-11-14)16(17)18/h2,8-12,19H,3-7H2,1H3,(H3,17,18). The maximum absolute atomic E-state index is 7.39. The summed E-state index contributed by atoms with van der Waals surface area (Å²) in [5.74, 6) is 0.788. The molecule has 0 unspecified atom stereocenters. The minimum absolute atomic E-state index is 0.116. The topological polar surface area (TPSA) is 61.9 Å². The first-order chi connectivity index (χ1) is 9.20. The van der Waals surface area contributed by atoms with E-state index < -0.39 is 0 Å². The van der Waals surface area contributed by atoms with Crippen molar-refractivity contribution in [3.8, 4) is 0 Å². The molecule has 0 amide bonds. The largest absolute Gasteiger partial charge is 0.384 e. The van der Waals surface area contributed by atoms with Gasteiger partial charge in [-0.3, -0.25) is 5.41 Å². The average molecular weight is 257 g/mol. The first kappa shape index (κ1) is 13.7. The fraction of sp³-hybridized carbons (Fsp3) is 0.438. The van der Waals surface area contributed by atoms with Gasteiger partial charge in [0.1, 0.15) is 5.84 Å². The van der Waals surface area contributed by atoms with Crippen molar-refractivity contribution in [2.75, 3.05) is 5.32 Å². The molecule has 102 valence electrons. The third-order valence-corrected chi connectivity index (χ3v) is 3.84. The van der Waals surface area contributed by atoms with Gasteiger partial charge in [-0.05, 0) is 49.9 Å². The van der Waals surface area contributed by atoms with Gasteiger partial charge in [-0.25, -0.2) is 0 Å². The molecule has 0 saturated heterocycles. The summed E-state index contributed by atoms with van der Waals surface area (Å²) in [7, 11) is 0. The zero-order valence-corrected chi connectivity index (χ0v) is 11.6. The van der Waals surface area contributed by atoms with Crippen LogP contribution in [-0.2, 0) is 0 Å². The van der Waals surface area contributed by atoms with Gasteiger partial charge in [-0.1, -0.05) is 25.3 Å². The summed E-state index contributed by atoms with van der Waals surface area (Å²) in [4.78, 5) is 0. The second-order valence-electron chi connectivity index (χ2n) is 5.19. The number of anilines is 1. The van der Waals surface area contributed by atoms with E-state index in [2.05, 4.69) is 18.3 Å². The number of amidine groups is 1.